The van der Waals surface area contributed by atoms with Crippen LogP contribution in [0.1, 0.15) is 0 Å². The molecule has 2 heteroatoms. The number of thiophene rings is 1. The van der Waals surface area contributed by atoms with Gasteiger partial charge >= 0.3 is 0 Å². The highest BCUT2D eigenvalue weighted by Crippen LogP contribution is 2.49. The van der Waals surface area contributed by atoms with Crippen LogP contribution >= 0.6 is 11.3 Å². The predicted octanol–water partition coefficient (Wildman–Crippen LogP) is 15.6. The Hall–Kier alpha value is -6.74. The molecule has 12 rings (SSSR count). The third-order valence-electron chi connectivity index (χ3n) is 11.4. The fraction of sp³-hybridized carbons (Fsp3) is 0. The van der Waals surface area contributed by atoms with Crippen molar-refractivity contribution in [2.24, 2.45) is 0 Å². The maximum atomic E-state index is 6.38. The van der Waals surface area contributed by atoms with Gasteiger partial charge in [0, 0.05) is 36.3 Å². The third kappa shape index (κ3) is 4.20. The van der Waals surface area contributed by atoms with Crippen molar-refractivity contribution in [3.8, 4) is 33.4 Å². The Bertz CT molecular complexity index is 3450. The molecule has 0 aliphatic heterocycles. The van der Waals surface area contributed by atoms with Crippen LogP contribution in [0.4, 0.5) is 0 Å². The number of hydrogen-bond donors (Lipinski definition) is 0. The normalized spacial score (nSPS) is 12.1. The summed E-state index contributed by atoms with van der Waals surface area (Å²) in [6, 6.07) is 66.7. The number of furan rings is 1. The molecule has 0 aliphatic carbocycles. The lowest BCUT2D eigenvalue weighted by Gasteiger charge is -2.19. The van der Waals surface area contributed by atoms with Crippen molar-refractivity contribution in [3.63, 3.8) is 0 Å². The predicted molar refractivity (Wildman–Crippen MR) is 233 cm³/mol. The van der Waals surface area contributed by atoms with Gasteiger partial charge in [0.15, 0.2) is 0 Å². The zero-order chi connectivity index (χ0) is 35.3. The summed E-state index contributed by atoms with van der Waals surface area (Å²) < 4.78 is 9.09. The van der Waals surface area contributed by atoms with E-state index < -0.39 is 0 Å². The molecule has 2 aromatic heterocycles. The third-order valence-corrected chi connectivity index (χ3v) is 12.7. The largest absolute Gasteiger partial charge is 0.456 e. The van der Waals surface area contributed by atoms with Crippen LogP contribution in [0.2, 0.25) is 0 Å². The Morgan fingerprint density at radius 1 is 0.315 bits per heavy atom. The van der Waals surface area contributed by atoms with Gasteiger partial charge in [-0.3, -0.25) is 0 Å². The Labute approximate surface area is 314 Å². The summed E-state index contributed by atoms with van der Waals surface area (Å²) in [5.41, 5.74) is 9.21. The summed E-state index contributed by atoms with van der Waals surface area (Å²) in [4.78, 5) is 0. The van der Waals surface area contributed by atoms with Crippen LogP contribution in [-0.2, 0) is 0 Å². The van der Waals surface area contributed by atoms with Crippen LogP contribution in [0.5, 0.6) is 0 Å². The molecule has 0 bridgehead atoms. The summed E-state index contributed by atoms with van der Waals surface area (Å²) >= 11 is 1.92. The van der Waals surface area contributed by atoms with Crippen molar-refractivity contribution < 1.29 is 4.42 Å². The molecule has 0 atom stereocenters. The highest BCUT2D eigenvalue weighted by molar-refractivity contribution is 7.27. The van der Waals surface area contributed by atoms with E-state index in [4.69, 9.17) is 4.42 Å². The maximum absolute atomic E-state index is 6.38. The quantitative estimate of drug-likeness (QED) is 0.167. The van der Waals surface area contributed by atoms with Crippen molar-refractivity contribution in [2.45, 2.75) is 0 Å². The molecule has 2 heterocycles. The summed E-state index contributed by atoms with van der Waals surface area (Å²) in [6.07, 6.45) is 0. The van der Waals surface area contributed by atoms with Crippen LogP contribution in [-0.4, -0.2) is 0 Å². The first-order valence-electron chi connectivity index (χ1n) is 18.5. The van der Waals surface area contributed by atoms with Gasteiger partial charge in [-0.05, 0) is 95.3 Å². The fourth-order valence-corrected chi connectivity index (χ4v) is 10.5. The topological polar surface area (TPSA) is 13.1 Å². The molecular formula is C52H30OS. The van der Waals surface area contributed by atoms with Gasteiger partial charge in [-0.25, -0.2) is 0 Å². The van der Waals surface area contributed by atoms with Gasteiger partial charge in [-0.15, -0.1) is 11.3 Å². The van der Waals surface area contributed by atoms with Crippen molar-refractivity contribution in [1.29, 1.82) is 0 Å². The summed E-state index contributed by atoms with van der Waals surface area (Å²) in [5, 5.41) is 15.1. The standard InChI is InChI=1S/C52H30OS/c1-2-16-34-31(13-1)27-28-41-45-30-44(35-17-3-8-22-40(35)52(45)54-51(34)41)32-14-11-15-33(29-32)48-36-18-4-6-20-38(36)49(39-21-7-5-19-37(39)48)43-24-12-26-47-50(43)42-23-9-10-25-46(42)53-47/h1-30H. The maximum Gasteiger partial charge on any atom is 0.136 e. The fourth-order valence-electron chi connectivity index (χ4n) is 9.12. The van der Waals surface area contributed by atoms with Crippen molar-refractivity contribution in [3.05, 3.63) is 182 Å². The second-order valence-electron chi connectivity index (χ2n) is 14.3. The van der Waals surface area contributed by atoms with Gasteiger partial charge in [0.05, 0.1) is 0 Å². The summed E-state index contributed by atoms with van der Waals surface area (Å²) in [7, 11) is 0. The van der Waals surface area contributed by atoms with Gasteiger partial charge in [0.2, 0.25) is 0 Å². The number of fused-ring (bicyclic) bond motifs is 12. The lowest BCUT2D eigenvalue weighted by Crippen LogP contribution is -1.92. The van der Waals surface area contributed by atoms with E-state index in [1.807, 2.05) is 17.4 Å². The van der Waals surface area contributed by atoms with E-state index in [0.717, 1.165) is 21.9 Å². The van der Waals surface area contributed by atoms with Gasteiger partial charge < -0.3 is 4.42 Å². The highest BCUT2D eigenvalue weighted by atomic mass is 32.1. The highest BCUT2D eigenvalue weighted by Gasteiger charge is 2.21. The van der Waals surface area contributed by atoms with E-state index in [1.165, 1.54) is 96.6 Å². The Kier molecular flexibility index (Phi) is 6.28. The first kappa shape index (κ1) is 29.8. The molecule has 0 N–H and O–H groups in total. The number of para-hydroxylation sites is 1. The zero-order valence-electron chi connectivity index (χ0n) is 29.1. The molecule has 250 valence electrons. The van der Waals surface area contributed by atoms with Crippen molar-refractivity contribution in [1.82, 2.24) is 0 Å². The molecule has 0 radical (unpaired) electrons. The number of hydrogen-bond acceptors (Lipinski definition) is 2. The molecule has 0 unspecified atom stereocenters. The first-order chi connectivity index (χ1) is 26.8. The number of rotatable bonds is 3. The van der Waals surface area contributed by atoms with Gasteiger partial charge in [-0.1, -0.05) is 158 Å². The minimum absolute atomic E-state index is 0.912. The lowest BCUT2D eigenvalue weighted by molar-refractivity contribution is 0.669. The average Bonchev–Trinajstić information content (AvgIpc) is 3.82. The SMILES string of the molecule is c1cc(-c2c3ccccc3c(-c3cccc4oc5ccccc5c34)c3ccccc23)cc(-c2cc3c4ccc5ccccc5c4sc3c3ccccc23)c1. The molecule has 0 spiro atoms. The van der Waals surface area contributed by atoms with Crippen molar-refractivity contribution in [2.75, 3.05) is 0 Å². The van der Waals surface area contributed by atoms with E-state index in [9.17, 15) is 0 Å². The number of benzene rings is 10. The molecule has 12 aromatic rings. The Morgan fingerprint density at radius 2 is 0.870 bits per heavy atom. The molecule has 0 fully saturated rings. The minimum Gasteiger partial charge on any atom is -0.456 e. The van der Waals surface area contributed by atoms with E-state index in [2.05, 4.69) is 176 Å². The van der Waals surface area contributed by atoms with Crippen LogP contribution in [0.25, 0.3) is 119 Å². The minimum atomic E-state index is 0.912. The van der Waals surface area contributed by atoms with E-state index in [1.54, 1.807) is 0 Å². The van der Waals surface area contributed by atoms with Gasteiger partial charge in [0.1, 0.15) is 11.2 Å². The second-order valence-corrected chi connectivity index (χ2v) is 15.3. The van der Waals surface area contributed by atoms with E-state index >= 15 is 0 Å². The molecular weight excluding hydrogens is 673 g/mol. The second kappa shape index (κ2) is 11.4. The van der Waals surface area contributed by atoms with E-state index in [0.29, 0.717) is 0 Å². The van der Waals surface area contributed by atoms with Gasteiger partial charge in [0.25, 0.3) is 0 Å². The van der Waals surface area contributed by atoms with Gasteiger partial charge in [-0.2, -0.15) is 0 Å². The molecule has 0 saturated heterocycles. The lowest BCUT2D eigenvalue weighted by atomic mass is 9.84. The van der Waals surface area contributed by atoms with Crippen LogP contribution in [0.3, 0.4) is 0 Å². The Morgan fingerprint density at radius 3 is 1.65 bits per heavy atom. The molecule has 0 amide bonds. The first-order valence-corrected chi connectivity index (χ1v) is 19.3. The molecule has 0 saturated carbocycles. The molecule has 54 heavy (non-hydrogen) atoms. The van der Waals surface area contributed by atoms with E-state index in [-0.39, 0.29) is 0 Å². The van der Waals surface area contributed by atoms with Crippen molar-refractivity contribution >= 4 is 96.5 Å². The zero-order valence-corrected chi connectivity index (χ0v) is 30.0. The van der Waals surface area contributed by atoms with Crippen LogP contribution in [0.15, 0.2) is 186 Å². The monoisotopic (exact) mass is 702 g/mol. The smallest absolute Gasteiger partial charge is 0.136 e. The molecule has 10 aromatic carbocycles. The summed E-state index contributed by atoms with van der Waals surface area (Å²) in [5.74, 6) is 0. The molecule has 1 nitrogen and oxygen atoms in total. The Balaban J connectivity index is 1.13. The summed E-state index contributed by atoms with van der Waals surface area (Å²) in [6.45, 7) is 0. The molecule has 0 aliphatic rings. The van der Waals surface area contributed by atoms with Crippen LogP contribution in [0, 0.1) is 0 Å². The van der Waals surface area contributed by atoms with Crippen LogP contribution < -0.4 is 0 Å². The average molecular weight is 703 g/mol.